The van der Waals surface area contributed by atoms with Crippen molar-refractivity contribution in [1.82, 2.24) is 5.32 Å². The second-order valence-corrected chi connectivity index (χ2v) is 3.97. The summed E-state index contributed by atoms with van der Waals surface area (Å²) >= 11 is 0. The number of amides is 2. The molecule has 1 aliphatic carbocycles. The Morgan fingerprint density at radius 2 is 2.21 bits per heavy atom. The molecular weight excluding hydrogens is 182 g/mol. The van der Waals surface area contributed by atoms with E-state index in [0.29, 0.717) is 6.42 Å². The Morgan fingerprint density at radius 3 is 2.86 bits per heavy atom. The lowest BCUT2D eigenvalue weighted by molar-refractivity contribution is -0.127. The number of rotatable bonds is 1. The molecule has 2 aliphatic rings. The maximum atomic E-state index is 11.5. The topological polar surface area (TPSA) is 66.4 Å². The number of fused-ring (bicyclic) bond motifs is 1. The average Bonchev–Trinajstić information content (AvgIpc) is 2.43. The van der Waals surface area contributed by atoms with Gasteiger partial charge in [0.2, 0.25) is 11.8 Å². The molecule has 4 nitrogen and oxygen atoms in total. The molecule has 76 valence electrons. The minimum absolute atomic E-state index is 0.128. The second kappa shape index (κ2) is 3.20. The molecule has 0 aromatic carbocycles. The van der Waals surface area contributed by atoms with Crippen LogP contribution in [-0.2, 0) is 9.59 Å². The second-order valence-electron chi connectivity index (χ2n) is 3.97. The highest BCUT2D eigenvalue weighted by molar-refractivity contribution is 6.06. The third-order valence-electron chi connectivity index (χ3n) is 3.07. The lowest BCUT2D eigenvalue weighted by Gasteiger charge is -2.28. The number of hydrogen-bond donors (Lipinski definition) is 2. The number of hydrogen-bond acceptors (Lipinski definition) is 3. The summed E-state index contributed by atoms with van der Waals surface area (Å²) < 4.78 is 0. The van der Waals surface area contributed by atoms with E-state index >= 15 is 0 Å². The van der Waals surface area contributed by atoms with Crippen LogP contribution in [0.2, 0.25) is 0 Å². The SMILES string of the molecule is CC(O)C1CC=CC2C(=O)NC(=O)C21. The maximum absolute atomic E-state index is 11.5. The molecule has 0 aromatic heterocycles. The predicted molar refractivity (Wildman–Crippen MR) is 49.1 cm³/mol. The number of nitrogens with one attached hydrogen (secondary N) is 1. The standard InChI is InChI=1S/C10H13NO3/c1-5(12)6-3-2-4-7-8(6)10(14)11-9(7)13/h2,4-8,12H,3H2,1H3,(H,11,13,14). The van der Waals surface area contributed by atoms with E-state index in [1.807, 2.05) is 6.08 Å². The van der Waals surface area contributed by atoms with Crippen LogP contribution in [0.1, 0.15) is 13.3 Å². The summed E-state index contributed by atoms with van der Waals surface area (Å²) in [5, 5.41) is 11.8. The van der Waals surface area contributed by atoms with Gasteiger partial charge in [-0.25, -0.2) is 0 Å². The van der Waals surface area contributed by atoms with E-state index in [-0.39, 0.29) is 29.6 Å². The molecule has 0 aromatic rings. The van der Waals surface area contributed by atoms with Gasteiger partial charge in [-0.2, -0.15) is 0 Å². The van der Waals surface area contributed by atoms with Gasteiger partial charge in [0, 0.05) is 5.92 Å². The minimum Gasteiger partial charge on any atom is -0.393 e. The lowest BCUT2D eigenvalue weighted by atomic mass is 9.75. The Bertz CT molecular complexity index is 308. The van der Waals surface area contributed by atoms with Gasteiger partial charge in [0.25, 0.3) is 0 Å². The monoisotopic (exact) mass is 195 g/mol. The fourth-order valence-corrected chi connectivity index (χ4v) is 2.31. The van der Waals surface area contributed by atoms with E-state index in [1.165, 1.54) is 0 Å². The molecule has 1 saturated heterocycles. The van der Waals surface area contributed by atoms with Gasteiger partial charge in [-0.15, -0.1) is 0 Å². The van der Waals surface area contributed by atoms with Gasteiger partial charge in [0.15, 0.2) is 0 Å². The minimum atomic E-state index is -0.552. The molecule has 1 aliphatic heterocycles. The molecule has 0 bridgehead atoms. The van der Waals surface area contributed by atoms with E-state index in [1.54, 1.807) is 13.0 Å². The normalized spacial score (nSPS) is 38.0. The Morgan fingerprint density at radius 1 is 1.50 bits per heavy atom. The highest BCUT2D eigenvalue weighted by atomic mass is 16.3. The third kappa shape index (κ3) is 1.26. The molecule has 4 heteroatoms. The van der Waals surface area contributed by atoms with Crippen molar-refractivity contribution in [3.63, 3.8) is 0 Å². The van der Waals surface area contributed by atoms with Crippen molar-refractivity contribution in [2.45, 2.75) is 19.4 Å². The van der Waals surface area contributed by atoms with E-state index in [9.17, 15) is 14.7 Å². The first-order chi connectivity index (χ1) is 6.61. The summed E-state index contributed by atoms with van der Waals surface area (Å²) in [7, 11) is 0. The predicted octanol–water partition coefficient (Wildman–Crippen LogP) is -0.168. The molecule has 2 rings (SSSR count). The van der Waals surface area contributed by atoms with Gasteiger partial charge in [-0.1, -0.05) is 12.2 Å². The number of imide groups is 1. The molecule has 0 spiro atoms. The van der Waals surface area contributed by atoms with E-state index in [0.717, 1.165) is 0 Å². The first-order valence-corrected chi connectivity index (χ1v) is 4.80. The van der Waals surface area contributed by atoms with Crippen LogP contribution in [0.5, 0.6) is 0 Å². The van der Waals surface area contributed by atoms with Gasteiger partial charge in [0.1, 0.15) is 0 Å². The molecule has 2 N–H and O–H groups in total. The summed E-state index contributed by atoms with van der Waals surface area (Å²) in [5.41, 5.74) is 0. The van der Waals surface area contributed by atoms with Crippen molar-refractivity contribution < 1.29 is 14.7 Å². The van der Waals surface area contributed by atoms with Gasteiger partial charge < -0.3 is 5.11 Å². The highest BCUT2D eigenvalue weighted by Crippen LogP contribution is 2.36. The van der Waals surface area contributed by atoms with Crippen LogP contribution in [-0.4, -0.2) is 23.0 Å². The Hall–Kier alpha value is -1.16. The molecule has 4 atom stereocenters. The fraction of sp³-hybridized carbons (Fsp3) is 0.600. The molecule has 4 unspecified atom stereocenters. The Balaban J connectivity index is 2.30. The molecule has 14 heavy (non-hydrogen) atoms. The first-order valence-electron chi connectivity index (χ1n) is 4.80. The van der Waals surface area contributed by atoms with Crippen molar-refractivity contribution in [1.29, 1.82) is 0 Å². The van der Waals surface area contributed by atoms with Crippen molar-refractivity contribution in [2.24, 2.45) is 17.8 Å². The van der Waals surface area contributed by atoms with Crippen molar-refractivity contribution in [2.75, 3.05) is 0 Å². The average molecular weight is 195 g/mol. The van der Waals surface area contributed by atoms with Crippen LogP contribution in [0, 0.1) is 17.8 Å². The van der Waals surface area contributed by atoms with Crippen LogP contribution < -0.4 is 5.32 Å². The lowest BCUT2D eigenvalue weighted by Crippen LogP contribution is -2.35. The Labute approximate surface area is 82.0 Å². The van der Waals surface area contributed by atoms with Crippen LogP contribution in [0.25, 0.3) is 0 Å². The quantitative estimate of drug-likeness (QED) is 0.451. The van der Waals surface area contributed by atoms with Crippen LogP contribution in [0.4, 0.5) is 0 Å². The molecule has 2 amide bonds. The van der Waals surface area contributed by atoms with Crippen LogP contribution in [0.15, 0.2) is 12.2 Å². The van der Waals surface area contributed by atoms with Gasteiger partial charge in [-0.3, -0.25) is 14.9 Å². The number of carbonyl (C=O) groups is 2. The third-order valence-corrected chi connectivity index (χ3v) is 3.07. The fourth-order valence-electron chi connectivity index (χ4n) is 2.31. The number of carbonyl (C=O) groups excluding carboxylic acids is 2. The largest absolute Gasteiger partial charge is 0.393 e. The number of aliphatic hydroxyl groups is 1. The van der Waals surface area contributed by atoms with Gasteiger partial charge in [0.05, 0.1) is 17.9 Å². The van der Waals surface area contributed by atoms with Crippen LogP contribution >= 0.6 is 0 Å². The van der Waals surface area contributed by atoms with Gasteiger partial charge >= 0.3 is 0 Å². The first kappa shape index (κ1) is 9.40. The molecule has 0 radical (unpaired) electrons. The number of aliphatic hydroxyl groups excluding tert-OH is 1. The van der Waals surface area contributed by atoms with E-state index < -0.39 is 6.10 Å². The zero-order valence-corrected chi connectivity index (χ0v) is 7.93. The van der Waals surface area contributed by atoms with Crippen molar-refractivity contribution in [3.8, 4) is 0 Å². The summed E-state index contributed by atoms with van der Waals surface area (Å²) in [6.45, 7) is 1.66. The summed E-state index contributed by atoms with van der Waals surface area (Å²) in [6, 6.07) is 0. The van der Waals surface area contributed by atoms with Crippen molar-refractivity contribution >= 4 is 11.8 Å². The van der Waals surface area contributed by atoms with E-state index in [4.69, 9.17) is 0 Å². The van der Waals surface area contributed by atoms with Gasteiger partial charge in [-0.05, 0) is 13.3 Å². The molecule has 1 heterocycles. The van der Waals surface area contributed by atoms with Crippen molar-refractivity contribution in [3.05, 3.63) is 12.2 Å². The summed E-state index contributed by atoms with van der Waals surface area (Å²) in [5.74, 6) is -1.34. The number of allylic oxidation sites excluding steroid dienone is 1. The summed E-state index contributed by atoms with van der Waals surface area (Å²) in [6.07, 6.45) is 3.75. The molecule has 0 saturated carbocycles. The Kier molecular flexibility index (Phi) is 2.15. The zero-order chi connectivity index (χ0) is 10.3. The molecular formula is C10H13NO3. The van der Waals surface area contributed by atoms with Crippen LogP contribution in [0.3, 0.4) is 0 Å². The smallest absolute Gasteiger partial charge is 0.234 e. The highest BCUT2D eigenvalue weighted by Gasteiger charge is 2.47. The maximum Gasteiger partial charge on any atom is 0.234 e. The summed E-state index contributed by atoms with van der Waals surface area (Å²) in [4.78, 5) is 22.8. The van der Waals surface area contributed by atoms with E-state index in [2.05, 4.69) is 5.32 Å². The zero-order valence-electron chi connectivity index (χ0n) is 7.93. The molecule has 1 fully saturated rings.